The molecule has 0 aliphatic rings. The van der Waals surface area contributed by atoms with Gasteiger partial charge in [-0.1, -0.05) is 25.1 Å². The Hall–Kier alpha value is -2.66. The maximum Gasteiger partial charge on any atom is 0.255 e. The minimum absolute atomic E-state index is 0.118. The molecule has 0 aromatic heterocycles. The van der Waals surface area contributed by atoms with Crippen molar-refractivity contribution in [2.45, 2.75) is 26.7 Å². The molecule has 2 amide bonds. The molecule has 5 nitrogen and oxygen atoms in total. The van der Waals surface area contributed by atoms with Gasteiger partial charge in [0.1, 0.15) is 0 Å². The van der Waals surface area contributed by atoms with Crippen molar-refractivity contribution in [1.82, 2.24) is 10.2 Å². The van der Waals surface area contributed by atoms with Gasteiger partial charge in [0.25, 0.3) is 11.8 Å². The number of benzene rings is 2. The lowest BCUT2D eigenvalue weighted by Gasteiger charge is -2.13. The summed E-state index contributed by atoms with van der Waals surface area (Å²) >= 11 is 0. The minimum Gasteiger partial charge on any atom is -0.352 e. The highest BCUT2D eigenvalue weighted by Gasteiger charge is 2.12. The Balaban J connectivity index is 1.98. The first-order valence-corrected chi connectivity index (χ1v) is 9.35. The molecule has 0 unspecified atom stereocenters. The monoisotopic (exact) mass is 367 g/mol. The van der Waals surface area contributed by atoms with E-state index >= 15 is 0 Å². The normalized spacial score (nSPS) is 10.7. The molecule has 0 aliphatic heterocycles. The van der Waals surface area contributed by atoms with Gasteiger partial charge in [-0.15, -0.1) is 0 Å². The smallest absolute Gasteiger partial charge is 0.255 e. The highest BCUT2D eigenvalue weighted by atomic mass is 16.2. The van der Waals surface area contributed by atoms with Crippen LogP contribution in [-0.4, -0.2) is 43.9 Å². The van der Waals surface area contributed by atoms with Crippen molar-refractivity contribution in [2.24, 2.45) is 0 Å². The molecule has 2 N–H and O–H groups in total. The van der Waals surface area contributed by atoms with Crippen LogP contribution in [0.2, 0.25) is 0 Å². The molecular formula is C22H29N3O2. The van der Waals surface area contributed by atoms with Crippen LogP contribution in [0.3, 0.4) is 0 Å². The van der Waals surface area contributed by atoms with Crippen LogP contribution in [0.1, 0.15) is 45.2 Å². The molecular weight excluding hydrogens is 338 g/mol. The maximum absolute atomic E-state index is 12.6. The lowest BCUT2D eigenvalue weighted by atomic mass is 10.0. The van der Waals surface area contributed by atoms with Crippen LogP contribution in [0.4, 0.5) is 5.69 Å². The molecule has 0 bridgehead atoms. The Morgan fingerprint density at radius 1 is 0.963 bits per heavy atom. The van der Waals surface area contributed by atoms with Crippen LogP contribution in [0.25, 0.3) is 0 Å². The quantitative estimate of drug-likeness (QED) is 0.702. The van der Waals surface area contributed by atoms with Gasteiger partial charge in [-0.05, 0) is 75.8 Å². The number of rotatable bonds is 8. The third kappa shape index (κ3) is 5.93. The molecule has 0 fully saturated rings. The van der Waals surface area contributed by atoms with E-state index in [0.29, 0.717) is 17.7 Å². The van der Waals surface area contributed by atoms with Gasteiger partial charge in [-0.25, -0.2) is 0 Å². The number of carbonyl (C=O) groups excluding carboxylic acids is 2. The summed E-state index contributed by atoms with van der Waals surface area (Å²) in [6, 6.07) is 12.8. The van der Waals surface area contributed by atoms with Gasteiger partial charge < -0.3 is 15.5 Å². The van der Waals surface area contributed by atoms with Gasteiger partial charge in [-0.3, -0.25) is 9.59 Å². The summed E-state index contributed by atoms with van der Waals surface area (Å²) in [5, 5.41) is 5.90. The van der Waals surface area contributed by atoms with E-state index < -0.39 is 0 Å². The van der Waals surface area contributed by atoms with Crippen LogP contribution in [-0.2, 0) is 6.42 Å². The first kappa shape index (κ1) is 20.6. The maximum atomic E-state index is 12.6. The predicted octanol–water partition coefficient (Wildman–Crippen LogP) is 3.49. The molecule has 2 aromatic rings. The van der Waals surface area contributed by atoms with E-state index in [1.807, 2.05) is 39.2 Å². The SMILES string of the molecule is CCc1cccc(C)c1NC(=O)c1ccc(C(=O)NCCCN(C)C)cc1. The molecule has 0 radical (unpaired) electrons. The molecule has 5 heteroatoms. The van der Waals surface area contributed by atoms with E-state index in [4.69, 9.17) is 0 Å². The number of amides is 2. The fraction of sp³-hybridized carbons (Fsp3) is 0.364. The second-order valence-electron chi connectivity index (χ2n) is 6.91. The molecule has 0 aliphatic carbocycles. The average molecular weight is 367 g/mol. The lowest BCUT2D eigenvalue weighted by molar-refractivity contribution is 0.0950. The molecule has 0 heterocycles. The Bertz CT molecular complexity index is 783. The number of nitrogens with zero attached hydrogens (tertiary/aromatic N) is 1. The highest BCUT2D eigenvalue weighted by Crippen LogP contribution is 2.22. The summed E-state index contributed by atoms with van der Waals surface area (Å²) in [7, 11) is 4.01. The molecule has 0 spiro atoms. The number of hydrogen-bond acceptors (Lipinski definition) is 3. The van der Waals surface area contributed by atoms with Crippen molar-refractivity contribution in [1.29, 1.82) is 0 Å². The van der Waals surface area contributed by atoms with E-state index in [2.05, 4.69) is 22.5 Å². The molecule has 144 valence electrons. The Morgan fingerprint density at radius 3 is 2.19 bits per heavy atom. The van der Waals surface area contributed by atoms with Gasteiger partial charge in [-0.2, -0.15) is 0 Å². The average Bonchev–Trinajstić information content (AvgIpc) is 2.66. The summed E-state index contributed by atoms with van der Waals surface area (Å²) < 4.78 is 0. The standard InChI is InChI=1S/C22H29N3O2/c1-5-17-9-6-8-16(2)20(17)24-22(27)19-12-10-18(11-13-19)21(26)23-14-7-15-25(3)4/h6,8-13H,5,7,14-15H2,1-4H3,(H,23,26)(H,24,27). The molecule has 2 rings (SSSR count). The summed E-state index contributed by atoms with van der Waals surface area (Å²) in [5.41, 5.74) is 4.10. The summed E-state index contributed by atoms with van der Waals surface area (Å²) in [5.74, 6) is -0.287. The topological polar surface area (TPSA) is 61.4 Å². The van der Waals surface area contributed by atoms with E-state index in [1.165, 1.54) is 0 Å². The van der Waals surface area contributed by atoms with Crippen molar-refractivity contribution in [3.8, 4) is 0 Å². The molecule has 27 heavy (non-hydrogen) atoms. The van der Waals surface area contributed by atoms with Crippen molar-refractivity contribution < 1.29 is 9.59 Å². The third-order valence-electron chi connectivity index (χ3n) is 4.46. The second-order valence-corrected chi connectivity index (χ2v) is 6.91. The van der Waals surface area contributed by atoms with Gasteiger partial charge in [0.2, 0.25) is 0 Å². The zero-order valence-corrected chi connectivity index (χ0v) is 16.6. The predicted molar refractivity (Wildman–Crippen MR) is 110 cm³/mol. The lowest BCUT2D eigenvalue weighted by Crippen LogP contribution is -2.27. The number of aryl methyl sites for hydroxylation is 2. The van der Waals surface area contributed by atoms with Crippen molar-refractivity contribution in [3.63, 3.8) is 0 Å². The summed E-state index contributed by atoms with van der Waals surface area (Å²) in [6.07, 6.45) is 1.75. The second kappa shape index (κ2) is 9.88. The fourth-order valence-electron chi connectivity index (χ4n) is 2.86. The third-order valence-corrected chi connectivity index (χ3v) is 4.46. The van der Waals surface area contributed by atoms with Gasteiger partial charge in [0.15, 0.2) is 0 Å². The van der Waals surface area contributed by atoms with Crippen LogP contribution in [0.5, 0.6) is 0 Å². The van der Waals surface area contributed by atoms with Gasteiger partial charge in [0, 0.05) is 23.4 Å². The zero-order chi connectivity index (χ0) is 19.8. The molecule has 0 saturated heterocycles. The first-order valence-electron chi connectivity index (χ1n) is 9.35. The summed E-state index contributed by atoms with van der Waals surface area (Å²) in [4.78, 5) is 26.8. The van der Waals surface area contributed by atoms with Crippen molar-refractivity contribution in [2.75, 3.05) is 32.5 Å². The van der Waals surface area contributed by atoms with Crippen LogP contribution >= 0.6 is 0 Å². The van der Waals surface area contributed by atoms with Crippen molar-refractivity contribution >= 4 is 17.5 Å². The summed E-state index contributed by atoms with van der Waals surface area (Å²) in [6.45, 7) is 5.61. The fourth-order valence-corrected chi connectivity index (χ4v) is 2.86. The highest BCUT2D eigenvalue weighted by molar-refractivity contribution is 6.05. The number of nitrogens with one attached hydrogen (secondary N) is 2. The minimum atomic E-state index is -0.169. The molecule has 2 aromatic carbocycles. The number of anilines is 1. The van der Waals surface area contributed by atoms with Crippen molar-refractivity contribution in [3.05, 3.63) is 64.7 Å². The number of carbonyl (C=O) groups is 2. The van der Waals surface area contributed by atoms with Crippen LogP contribution in [0, 0.1) is 6.92 Å². The zero-order valence-electron chi connectivity index (χ0n) is 16.6. The van der Waals surface area contributed by atoms with E-state index in [1.54, 1.807) is 24.3 Å². The van der Waals surface area contributed by atoms with Crippen LogP contribution in [0.15, 0.2) is 42.5 Å². The van der Waals surface area contributed by atoms with Gasteiger partial charge >= 0.3 is 0 Å². The van der Waals surface area contributed by atoms with E-state index in [-0.39, 0.29) is 11.8 Å². The molecule has 0 saturated carbocycles. The number of hydrogen-bond donors (Lipinski definition) is 2. The Labute approximate surface area is 161 Å². The van der Waals surface area contributed by atoms with Gasteiger partial charge in [0.05, 0.1) is 0 Å². The Kier molecular flexibility index (Phi) is 7.55. The van der Waals surface area contributed by atoms with Crippen LogP contribution < -0.4 is 10.6 Å². The first-order chi connectivity index (χ1) is 12.9. The Morgan fingerprint density at radius 2 is 1.59 bits per heavy atom. The van der Waals surface area contributed by atoms with E-state index in [0.717, 1.165) is 36.2 Å². The van der Waals surface area contributed by atoms with E-state index in [9.17, 15) is 9.59 Å². The number of para-hydroxylation sites is 1. The molecule has 0 atom stereocenters. The largest absolute Gasteiger partial charge is 0.352 e.